The van der Waals surface area contributed by atoms with E-state index >= 15 is 0 Å². The van der Waals surface area contributed by atoms with Gasteiger partial charge in [-0.2, -0.15) is 14.9 Å². The standard InChI is InChI=1S/C11H12N6/c1-16(2)11-14-10(13)17(15-11)9-5-3-8(7-12)4-6-9/h3-6H,1-2H3,(H2,13,14,15). The number of hydrogen-bond donors (Lipinski definition) is 1. The lowest BCUT2D eigenvalue weighted by Crippen LogP contribution is -2.10. The molecule has 0 saturated carbocycles. The Kier molecular flexibility index (Phi) is 2.66. The van der Waals surface area contributed by atoms with Gasteiger partial charge in [-0.1, -0.05) is 0 Å². The second-order valence-corrected chi connectivity index (χ2v) is 3.73. The summed E-state index contributed by atoms with van der Waals surface area (Å²) in [6.45, 7) is 0. The van der Waals surface area contributed by atoms with Gasteiger partial charge in [0.1, 0.15) is 0 Å². The Labute approximate surface area is 98.9 Å². The molecule has 2 rings (SSSR count). The van der Waals surface area contributed by atoms with Gasteiger partial charge in [-0.05, 0) is 24.3 Å². The van der Waals surface area contributed by atoms with E-state index in [9.17, 15) is 0 Å². The first-order valence-corrected chi connectivity index (χ1v) is 5.02. The summed E-state index contributed by atoms with van der Waals surface area (Å²) in [6.07, 6.45) is 0. The fraction of sp³-hybridized carbons (Fsp3) is 0.182. The van der Waals surface area contributed by atoms with Crippen LogP contribution in [-0.2, 0) is 0 Å². The quantitative estimate of drug-likeness (QED) is 0.821. The lowest BCUT2D eigenvalue weighted by molar-refractivity contribution is 0.874. The van der Waals surface area contributed by atoms with Crippen LogP contribution in [0.25, 0.3) is 5.69 Å². The zero-order valence-corrected chi connectivity index (χ0v) is 9.62. The minimum absolute atomic E-state index is 0.318. The first-order valence-electron chi connectivity index (χ1n) is 5.02. The molecule has 0 amide bonds. The van der Waals surface area contributed by atoms with Crippen LogP contribution in [0.5, 0.6) is 0 Å². The molecule has 6 heteroatoms. The van der Waals surface area contributed by atoms with Crippen LogP contribution in [0.2, 0.25) is 0 Å². The lowest BCUT2D eigenvalue weighted by atomic mass is 10.2. The van der Waals surface area contributed by atoms with Crippen molar-refractivity contribution in [2.45, 2.75) is 0 Å². The molecule has 0 fully saturated rings. The molecule has 1 aromatic carbocycles. The van der Waals surface area contributed by atoms with E-state index in [1.807, 2.05) is 14.1 Å². The van der Waals surface area contributed by atoms with Gasteiger partial charge < -0.3 is 10.6 Å². The van der Waals surface area contributed by atoms with E-state index in [0.717, 1.165) is 5.69 Å². The minimum Gasteiger partial charge on any atom is -0.368 e. The number of anilines is 2. The molecule has 2 N–H and O–H groups in total. The Balaban J connectivity index is 2.42. The summed E-state index contributed by atoms with van der Waals surface area (Å²) in [5.74, 6) is 0.866. The summed E-state index contributed by atoms with van der Waals surface area (Å²) in [4.78, 5) is 5.89. The molecule has 1 heterocycles. The van der Waals surface area contributed by atoms with E-state index in [1.54, 1.807) is 29.2 Å². The Morgan fingerprint density at radius 3 is 2.41 bits per heavy atom. The van der Waals surface area contributed by atoms with Crippen molar-refractivity contribution in [2.24, 2.45) is 0 Å². The second kappa shape index (κ2) is 4.14. The molecule has 0 unspecified atom stereocenters. The Hall–Kier alpha value is -2.55. The van der Waals surface area contributed by atoms with Gasteiger partial charge in [-0.25, -0.2) is 0 Å². The van der Waals surface area contributed by atoms with Crippen LogP contribution in [0.4, 0.5) is 11.9 Å². The van der Waals surface area contributed by atoms with Crippen molar-refractivity contribution in [1.82, 2.24) is 14.8 Å². The molecule has 2 aromatic rings. The average molecular weight is 228 g/mol. The van der Waals surface area contributed by atoms with Crippen LogP contribution in [0.15, 0.2) is 24.3 Å². The topological polar surface area (TPSA) is 83.8 Å². The van der Waals surface area contributed by atoms with Crippen LogP contribution in [0.1, 0.15) is 5.56 Å². The smallest absolute Gasteiger partial charge is 0.246 e. The van der Waals surface area contributed by atoms with Crippen LogP contribution in [0.3, 0.4) is 0 Å². The summed E-state index contributed by atoms with van der Waals surface area (Å²) in [5.41, 5.74) is 7.16. The first kappa shape index (κ1) is 11.0. The third kappa shape index (κ3) is 2.03. The predicted octanol–water partition coefficient (Wildman–Crippen LogP) is 0.787. The summed E-state index contributed by atoms with van der Waals surface area (Å²) >= 11 is 0. The highest BCUT2D eigenvalue weighted by atomic mass is 15.4. The molecule has 0 spiro atoms. The van der Waals surface area contributed by atoms with Crippen molar-refractivity contribution in [3.05, 3.63) is 29.8 Å². The van der Waals surface area contributed by atoms with E-state index < -0.39 is 0 Å². The number of nitrogens with two attached hydrogens (primary N) is 1. The highest BCUT2D eigenvalue weighted by Gasteiger charge is 2.09. The van der Waals surface area contributed by atoms with Gasteiger partial charge in [0.05, 0.1) is 17.3 Å². The molecule has 0 aliphatic rings. The minimum atomic E-state index is 0.318. The zero-order valence-electron chi connectivity index (χ0n) is 9.62. The van der Waals surface area contributed by atoms with Crippen molar-refractivity contribution in [1.29, 1.82) is 5.26 Å². The molecule has 0 aliphatic heterocycles. The molecule has 0 bridgehead atoms. The molecular formula is C11H12N6. The number of nitriles is 1. The molecule has 0 aliphatic carbocycles. The van der Waals surface area contributed by atoms with Gasteiger partial charge >= 0.3 is 0 Å². The van der Waals surface area contributed by atoms with Crippen LogP contribution in [0, 0.1) is 11.3 Å². The number of benzene rings is 1. The zero-order chi connectivity index (χ0) is 12.4. The molecule has 1 aromatic heterocycles. The van der Waals surface area contributed by atoms with Crippen molar-refractivity contribution >= 4 is 11.9 Å². The molecule has 0 atom stereocenters. The maximum Gasteiger partial charge on any atom is 0.246 e. The molecule has 0 radical (unpaired) electrons. The van der Waals surface area contributed by atoms with E-state index in [2.05, 4.69) is 16.2 Å². The second-order valence-electron chi connectivity index (χ2n) is 3.73. The van der Waals surface area contributed by atoms with E-state index in [4.69, 9.17) is 11.0 Å². The van der Waals surface area contributed by atoms with Crippen molar-refractivity contribution in [3.8, 4) is 11.8 Å². The van der Waals surface area contributed by atoms with Gasteiger partial charge in [0.2, 0.25) is 11.9 Å². The monoisotopic (exact) mass is 228 g/mol. The van der Waals surface area contributed by atoms with Gasteiger partial charge in [-0.3, -0.25) is 0 Å². The number of rotatable bonds is 2. The summed E-state index contributed by atoms with van der Waals surface area (Å²) < 4.78 is 1.54. The normalized spacial score (nSPS) is 9.94. The Morgan fingerprint density at radius 2 is 1.94 bits per heavy atom. The fourth-order valence-electron chi connectivity index (χ4n) is 1.37. The largest absolute Gasteiger partial charge is 0.368 e. The molecule has 6 nitrogen and oxygen atoms in total. The highest BCUT2D eigenvalue weighted by molar-refractivity contribution is 5.45. The van der Waals surface area contributed by atoms with E-state index in [0.29, 0.717) is 17.5 Å². The Morgan fingerprint density at radius 1 is 1.29 bits per heavy atom. The molecular weight excluding hydrogens is 216 g/mol. The van der Waals surface area contributed by atoms with Gasteiger partial charge in [0.15, 0.2) is 0 Å². The molecule has 0 saturated heterocycles. The third-order valence-electron chi connectivity index (χ3n) is 2.26. The summed E-state index contributed by atoms with van der Waals surface area (Å²) in [6, 6.07) is 9.05. The van der Waals surface area contributed by atoms with Crippen molar-refractivity contribution in [3.63, 3.8) is 0 Å². The van der Waals surface area contributed by atoms with Gasteiger partial charge in [-0.15, -0.1) is 5.10 Å². The Bertz CT molecular complexity index is 561. The number of nitrogen functional groups attached to an aromatic ring is 1. The number of nitrogens with zero attached hydrogens (tertiary/aromatic N) is 5. The number of hydrogen-bond acceptors (Lipinski definition) is 5. The van der Waals surface area contributed by atoms with Crippen LogP contribution >= 0.6 is 0 Å². The van der Waals surface area contributed by atoms with Crippen molar-refractivity contribution in [2.75, 3.05) is 24.7 Å². The molecule has 17 heavy (non-hydrogen) atoms. The van der Waals surface area contributed by atoms with E-state index in [-0.39, 0.29) is 0 Å². The summed E-state index contributed by atoms with van der Waals surface area (Å²) in [5, 5.41) is 13.0. The van der Waals surface area contributed by atoms with Crippen LogP contribution < -0.4 is 10.6 Å². The SMILES string of the molecule is CN(C)c1nc(N)n(-c2ccc(C#N)cc2)n1. The maximum absolute atomic E-state index is 8.71. The third-order valence-corrected chi connectivity index (χ3v) is 2.26. The lowest BCUT2D eigenvalue weighted by Gasteiger charge is -2.04. The first-order chi connectivity index (χ1) is 8.11. The fourth-order valence-corrected chi connectivity index (χ4v) is 1.37. The van der Waals surface area contributed by atoms with Gasteiger partial charge in [0, 0.05) is 14.1 Å². The summed E-state index contributed by atoms with van der Waals surface area (Å²) in [7, 11) is 3.69. The predicted molar refractivity (Wildman–Crippen MR) is 64.8 cm³/mol. The average Bonchev–Trinajstić information content (AvgIpc) is 2.72. The maximum atomic E-state index is 8.71. The van der Waals surface area contributed by atoms with E-state index in [1.165, 1.54) is 4.68 Å². The number of aromatic nitrogens is 3. The highest BCUT2D eigenvalue weighted by Crippen LogP contribution is 2.15. The molecule has 86 valence electrons. The van der Waals surface area contributed by atoms with Gasteiger partial charge in [0.25, 0.3) is 0 Å². The van der Waals surface area contributed by atoms with Crippen molar-refractivity contribution < 1.29 is 0 Å². The van der Waals surface area contributed by atoms with Crippen LogP contribution in [-0.4, -0.2) is 28.9 Å².